The van der Waals surface area contributed by atoms with Crippen molar-refractivity contribution in [3.8, 4) is 0 Å². The number of imidazole rings is 1. The Morgan fingerprint density at radius 3 is 2.85 bits per heavy atom. The van der Waals surface area contributed by atoms with Crippen molar-refractivity contribution >= 4 is 16.9 Å². The van der Waals surface area contributed by atoms with Gasteiger partial charge in [-0.05, 0) is 18.6 Å². The summed E-state index contributed by atoms with van der Waals surface area (Å²) < 4.78 is 0. The molecule has 0 atom stereocenters. The number of fused-ring (bicyclic) bond motifs is 1. The lowest BCUT2D eigenvalue weighted by molar-refractivity contribution is -0.131. The summed E-state index contributed by atoms with van der Waals surface area (Å²) >= 11 is 0. The van der Waals surface area contributed by atoms with Crippen LogP contribution >= 0.6 is 0 Å². The van der Waals surface area contributed by atoms with Crippen LogP contribution in [0.25, 0.3) is 11.0 Å². The third-order valence-electron chi connectivity index (χ3n) is 3.71. The maximum atomic E-state index is 12.0. The normalized spacial score (nSPS) is 15.7. The summed E-state index contributed by atoms with van der Waals surface area (Å²) in [7, 11) is 0. The average molecular weight is 272 g/mol. The van der Waals surface area contributed by atoms with E-state index in [1.165, 1.54) is 0 Å². The maximum Gasteiger partial charge on any atom is 0.222 e. The average Bonchev–Trinajstić information content (AvgIpc) is 2.90. The molecule has 1 aromatic carbocycles. The molecule has 1 aromatic heterocycles. The minimum atomic E-state index is 0.266. The summed E-state index contributed by atoms with van der Waals surface area (Å²) in [5.74, 6) is 1.24. The molecule has 0 bridgehead atoms. The number of H-pyrrole nitrogens is 1. The van der Waals surface area contributed by atoms with E-state index >= 15 is 0 Å². The summed E-state index contributed by atoms with van der Waals surface area (Å²) in [6.07, 6.45) is 2.28. The van der Waals surface area contributed by atoms with Gasteiger partial charge in [0.05, 0.1) is 11.0 Å². The molecule has 0 aliphatic carbocycles. The number of hydrogen-bond donors (Lipinski definition) is 2. The SMILES string of the molecule is O=C(CCCc1nc2ccccc2[nH]1)N1CCNCC1. The van der Waals surface area contributed by atoms with E-state index in [4.69, 9.17) is 0 Å². The van der Waals surface area contributed by atoms with E-state index in [0.29, 0.717) is 6.42 Å². The van der Waals surface area contributed by atoms with Gasteiger partial charge in [-0.15, -0.1) is 0 Å². The quantitative estimate of drug-likeness (QED) is 0.882. The second-order valence-electron chi connectivity index (χ2n) is 5.18. The molecule has 1 saturated heterocycles. The van der Waals surface area contributed by atoms with Crippen LogP contribution in [0, 0.1) is 0 Å². The van der Waals surface area contributed by atoms with Crippen molar-refractivity contribution in [2.45, 2.75) is 19.3 Å². The summed E-state index contributed by atoms with van der Waals surface area (Å²) in [5.41, 5.74) is 2.06. The minimum Gasteiger partial charge on any atom is -0.342 e. The molecular formula is C15H20N4O. The van der Waals surface area contributed by atoms with Crippen LogP contribution < -0.4 is 5.32 Å². The summed E-state index contributed by atoms with van der Waals surface area (Å²) in [6, 6.07) is 8.01. The van der Waals surface area contributed by atoms with E-state index in [1.807, 2.05) is 29.2 Å². The molecule has 1 aliphatic heterocycles. The number of amides is 1. The highest BCUT2D eigenvalue weighted by atomic mass is 16.2. The minimum absolute atomic E-state index is 0.266. The van der Waals surface area contributed by atoms with Crippen molar-refractivity contribution in [3.63, 3.8) is 0 Å². The number of carbonyl (C=O) groups is 1. The molecule has 0 spiro atoms. The lowest BCUT2D eigenvalue weighted by Crippen LogP contribution is -2.46. The maximum absolute atomic E-state index is 12.0. The monoisotopic (exact) mass is 272 g/mol. The van der Waals surface area contributed by atoms with Crippen molar-refractivity contribution in [2.75, 3.05) is 26.2 Å². The van der Waals surface area contributed by atoms with Gasteiger partial charge in [0, 0.05) is 39.0 Å². The van der Waals surface area contributed by atoms with E-state index in [9.17, 15) is 4.79 Å². The standard InChI is InChI=1S/C15H20N4O/c20-15(19-10-8-16-9-11-19)7-3-6-14-17-12-4-1-2-5-13(12)18-14/h1-2,4-5,16H,3,6-11H2,(H,17,18). The zero-order chi connectivity index (χ0) is 13.8. The molecule has 0 unspecified atom stereocenters. The first-order valence-corrected chi connectivity index (χ1v) is 7.25. The number of carbonyl (C=O) groups excluding carboxylic acids is 1. The Kier molecular flexibility index (Phi) is 3.97. The Labute approximate surface area is 118 Å². The van der Waals surface area contributed by atoms with Gasteiger partial charge in [0.1, 0.15) is 5.82 Å². The molecule has 2 heterocycles. The fourth-order valence-corrected chi connectivity index (χ4v) is 2.60. The van der Waals surface area contributed by atoms with Gasteiger partial charge in [0.15, 0.2) is 0 Å². The highest BCUT2D eigenvalue weighted by molar-refractivity contribution is 5.76. The van der Waals surface area contributed by atoms with E-state index in [1.54, 1.807) is 0 Å². The first kappa shape index (κ1) is 13.1. The molecule has 106 valence electrons. The van der Waals surface area contributed by atoms with Gasteiger partial charge in [-0.1, -0.05) is 12.1 Å². The highest BCUT2D eigenvalue weighted by Gasteiger charge is 2.15. The Morgan fingerprint density at radius 2 is 2.05 bits per heavy atom. The van der Waals surface area contributed by atoms with E-state index in [2.05, 4.69) is 15.3 Å². The Morgan fingerprint density at radius 1 is 1.25 bits per heavy atom. The van der Waals surface area contributed by atoms with Crippen molar-refractivity contribution in [1.82, 2.24) is 20.2 Å². The highest BCUT2D eigenvalue weighted by Crippen LogP contribution is 2.12. The molecule has 1 amide bonds. The van der Waals surface area contributed by atoms with Crippen LogP contribution in [-0.2, 0) is 11.2 Å². The van der Waals surface area contributed by atoms with Crippen molar-refractivity contribution < 1.29 is 4.79 Å². The zero-order valence-electron chi connectivity index (χ0n) is 11.6. The molecular weight excluding hydrogens is 252 g/mol. The van der Waals surface area contributed by atoms with Crippen molar-refractivity contribution in [3.05, 3.63) is 30.1 Å². The number of aryl methyl sites for hydroxylation is 1. The number of rotatable bonds is 4. The molecule has 0 saturated carbocycles. The molecule has 3 rings (SSSR count). The third kappa shape index (κ3) is 2.99. The second-order valence-corrected chi connectivity index (χ2v) is 5.18. The van der Waals surface area contributed by atoms with Gasteiger partial charge in [-0.3, -0.25) is 4.79 Å². The number of aromatic nitrogens is 2. The predicted octanol–water partition coefficient (Wildman–Crippen LogP) is 1.32. The molecule has 5 heteroatoms. The van der Waals surface area contributed by atoms with Gasteiger partial charge in [0.2, 0.25) is 5.91 Å². The van der Waals surface area contributed by atoms with Crippen LogP contribution in [0.3, 0.4) is 0 Å². The zero-order valence-corrected chi connectivity index (χ0v) is 11.6. The summed E-state index contributed by atoms with van der Waals surface area (Å²) in [5, 5.41) is 3.26. The fraction of sp³-hybridized carbons (Fsp3) is 0.467. The molecule has 5 nitrogen and oxygen atoms in total. The lowest BCUT2D eigenvalue weighted by Gasteiger charge is -2.27. The van der Waals surface area contributed by atoms with E-state index < -0.39 is 0 Å². The van der Waals surface area contributed by atoms with Crippen molar-refractivity contribution in [1.29, 1.82) is 0 Å². The number of para-hydroxylation sites is 2. The first-order valence-electron chi connectivity index (χ1n) is 7.25. The molecule has 2 aromatic rings. The van der Waals surface area contributed by atoms with Gasteiger partial charge >= 0.3 is 0 Å². The first-order chi connectivity index (χ1) is 9.83. The van der Waals surface area contributed by atoms with Crippen LogP contribution in [0.1, 0.15) is 18.7 Å². The largest absolute Gasteiger partial charge is 0.342 e. The van der Waals surface area contributed by atoms with Gasteiger partial charge in [-0.2, -0.15) is 0 Å². The van der Waals surface area contributed by atoms with E-state index in [-0.39, 0.29) is 5.91 Å². The van der Waals surface area contributed by atoms with E-state index in [0.717, 1.165) is 55.9 Å². The Bertz CT molecular complexity index is 553. The third-order valence-corrected chi connectivity index (χ3v) is 3.71. The van der Waals surface area contributed by atoms with Crippen LogP contribution in [-0.4, -0.2) is 47.0 Å². The van der Waals surface area contributed by atoms with Crippen molar-refractivity contribution in [2.24, 2.45) is 0 Å². The number of piperazine rings is 1. The van der Waals surface area contributed by atoms with Crippen LogP contribution in [0.4, 0.5) is 0 Å². The molecule has 1 aliphatic rings. The number of benzene rings is 1. The van der Waals surface area contributed by atoms with Crippen LogP contribution in [0.15, 0.2) is 24.3 Å². The van der Waals surface area contributed by atoms with Crippen LogP contribution in [0.2, 0.25) is 0 Å². The molecule has 2 N–H and O–H groups in total. The Hall–Kier alpha value is -1.88. The van der Waals surface area contributed by atoms with Crippen LogP contribution in [0.5, 0.6) is 0 Å². The summed E-state index contributed by atoms with van der Waals surface area (Å²) in [6.45, 7) is 3.50. The number of hydrogen-bond acceptors (Lipinski definition) is 3. The predicted molar refractivity (Wildman–Crippen MR) is 78.5 cm³/mol. The fourth-order valence-electron chi connectivity index (χ4n) is 2.60. The molecule has 20 heavy (non-hydrogen) atoms. The number of nitrogens with zero attached hydrogens (tertiary/aromatic N) is 2. The lowest BCUT2D eigenvalue weighted by atomic mass is 10.2. The number of aromatic amines is 1. The number of nitrogens with one attached hydrogen (secondary N) is 2. The van der Waals surface area contributed by atoms with Gasteiger partial charge < -0.3 is 15.2 Å². The summed E-state index contributed by atoms with van der Waals surface area (Å²) in [4.78, 5) is 21.8. The topological polar surface area (TPSA) is 61.0 Å². The van der Waals surface area contributed by atoms with Gasteiger partial charge in [-0.25, -0.2) is 4.98 Å². The smallest absolute Gasteiger partial charge is 0.222 e. The van der Waals surface area contributed by atoms with Gasteiger partial charge in [0.25, 0.3) is 0 Å². The second kappa shape index (κ2) is 6.05. The molecule has 1 fully saturated rings. The molecule has 0 radical (unpaired) electrons. The Balaban J connectivity index is 1.50.